The summed E-state index contributed by atoms with van der Waals surface area (Å²) in [5.41, 5.74) is 2.07. The van der Waals surface area contributed by atoms with Crippen molar-refractivity contribution >= 4 is 39.8 Å². The number of H-pyrrole nitrogens is 1. The molecule has 0 saturated carbocycles. The molecular weight excluding hydrogens is 399 g/mol. The van der Waals surface area contributed by atoms with E-state index in [2.05, 4.69) is 48.5 Å². The summed E-state index contributed by atoms with van der Waals surface area (Å²) in [5.74, 6) is -0.302. The molecule has 8 nitrogen and oxygen atoms in total. The van der Waals surface area contributed by atoms with Gasteiger partial charge in [-0.2, -0.15) is 10.5 Å². The minimum Gasteiger partial charge on any atom is -0.465 e. The fraction of sp³-hybridized carbons (Fsp3) is 0.154. The number of nitrogens with zero attached hydrogens (tertiary/aromatic N) is 4. The third-order valence-corrected chi connectivity index (χ3v) is 3.94. The van der Waals surface area contributed by atoms with Gasteiger partial charge in [-0.1, -0.05) is 0 Å². The summed E-state index contributed by atoms with van der Waals surface area (Å²) in [6.07, 6.45) is 1.42. The SMILES string of the molecule is COC(=O)c1cc(I)c(C)cc1NC=C(C#N)c1nn[nH]n1. The number of hydrogen-bond acceptors (Lipinski definition) is 7. The molecular formula is C13H11IN6O2. The number of rotatable bonds is 4. The molecule has 0 unspecified atom stereocenters. The van der Waals surface area contributed by atoms with E-state index in [0.29, 0.717) is 11.3 Å². The minimum atomic E-state index is -0.466. The highest BCUT2D eigenvalue weighted by Gasteiger charge is 2.14. The van der Waals surface area contributed by atoms with Crippen LogP contribution in [0.3, 0.4) is 0 Å². The molecule has 0 radical (unpaired) electrons. The van der Waals surface area contributed by atoms with Gasteiger partial charge in [0.05, 0.1) is 18.4 Å². The van der Waals surface area contributed by atoms with Gasteiger partial charge in [-0.3, -0.25) is 0 Å². The molecule has 0 aliphatic carbocycles. The van der Waals surface area contributed by atoms with Crippen LogP contribution in [0.4, 0.5) is 5.69 Å². The van der Waals surface area contributed by atoms with E-state index in [-0.39, 0.29) is 11.4 Å². The van der Waals surface area contributed by atoms with E-state index in [9.17, 15) is 4.79 Å². The largest absolute Gasteiger partial charge is 0.465 e. The number of anilines is 1. The standard InChI is InChI=1S/C13H11IN6O2/c1-7-3-11(9(4-10(7)14)13(21)22-2)16-6-8(5-15)12-17-19-20-18-12/h3-4,6,16H,1-2H3,(H,17,18,19,20). The molecule has 2 N–H and O–H groups in total. The molecule has 0 spiro atoms. The Bertz CT molecular complexity index is 764. The first kappa shape index (κ1) is 15.9. The van der Waals surface area contributed by atoms with Crippen LogP contribution in [0.2, 0.25) is 0 Å². The normalized spacial score (nSPS) is 10.9. The second-order valence-electron chi connectivity index (χ2n) is 4.19. The summed E-state index contributed by atoms with van der Waals surface area (Å²) in [4.78, 5) is 11.8. The van der Waals surface area contributed by atoms with Gasteiger partial charge in [0, 0.05) is 9.77 Å². The molecule has 1 aromatic heterocycles. The Morgan fingerprint density at radius 1 is 1.55 bits per heavy atom. The monoisotopic (exact) mass is 410 g/mol. The molecule has 1 heterocycles. The molecule has 2 aromatic rings. The van der Waals surface area contributed by atoms with Crippen molar-refractivity contribution in [2.75, 3.05) is 12.4 Å². The fourth-order valence-electron chi connectivity index (χ4n) is 1.65. The van der Waals surface area contributed by atoms with Crippen molar-refractivity contribution in [2.45, 2.75) is 6.92 Å². The molecule has 22 heavy (non-hydrogen) atoms. The number of allylic oxidation sites excluding steroid dienone is 1. The summed E-state index contributed by atoms with van der Waals surface area (Å²) < 4.78 is 5.71. The number of aryl methyl sites for hydroxylation is 1. The van der Waals surface area contributed by atoms with Crippen LogP contribution in [-0.4, -0.2) is 33.7 Å². The van der Waals surface area contributed by atoms with Crippen molar-refractivity contribution in [1.82, 2.24) is 20.6 Å². The van der Waals surface area contributed by atoms with Crippen LogP contribution in [-0.2, 0) is 4.74 Å². The number of aromatic amines is 1. The first-order valence-corrected chi connectivity index (χ1v) is 7.13. The van der Waals surface area contributed by atoms with E-state index in [1.54, 1.807) is 12.1 Å². The zero-order valence-corrected chi connectivity index (χ0v) is 13.9. The van der Waals surface area contributed by atoms with E-state index in [4.69, 9.17) is 10.00 Å². The number of ether oxygens (including phenoxy) is 1. The number of nitrogens with one attached hydrogen (secondary N) is 2. The van der Waals surface area contributed by atoms with Crippen molar-refractivity contribution in [3.8, 4) is 6.07 Å². The van der Waals surface area contributed by atoms with E-state index in [1.807, 2.05) is 13.0 Å². The van der Waals surface area contributed by atoms with Gasteiger partial charge in [-0.25, -0.2) is 4.79 Å². The van der Waals surface area contributed by atoms with E-state index in [0.717, 1.165) is 9.13 Å². The average molecular weight is 410 g/mol. The van der Waals surface area contributed by atoms with Crippen LogP contribution >= 0.6 is 22.6 Å². The maximum Gasteiger partial charge on any atom is 0.340 e. The van der Waals surface area contributed by atoms with Gasteiger partial charge < -0.3 is 10.1 Å². The Morgan fingerprint density at radius 2 is 2.32 bits per heavy atom. The molecule has 0 amide bonds. The molecule has 0 bridgehead atoms. The Morgan fingerprint density at radius 3 is 2.91 bits per heavy atom. The lowest BCUT2D eigenvalue weighted by Crippen LogP contribution is -2.07. The number of tetrazole rings is 1. The second-order valence-corrected chi connectivity index (χ2v) is 5.35. The van der Waals surface area contributed by atoms with Gasteiger partial charge in [-0.05, 0) is 52.4 Å². The maximum absolute atomic E-state index is 11.8. The maximum atomic E-state index is 11.8. The topological polar surface area (TPSA) is 117 Å². The number of nitriles is 1. The predicted octanol–water partition coefficient (Wildman–Crippen LogP) is 1.88. The molecule has 2 rings (SSSR count). The van der Waals surface area contributed by atoms with E-state index in [1.165, 1.54) is 13.3 Å². The summed E-state index contributed by atoms with van der Waals surface area (Å²) >= 11 is 2.14. The van der Waals surface area contributed by atoms with E-state index >= 15 is 0 Å². The highest BCUT2D eigenvalue weighted by atomic mass is 127. The summed E-state index contributed by atoms with van der Waals surface area (Å²) in [6, 6.07) is 5.48. The van der Waals surface area contributed by atoms with Crippen molar-refractivity contribution in [1.29, 1.82) is 5.26 Å². The van der Waals surface area contributed by atoms with Crippen molar-refractivity contribution < 1.29 is 9.53 Å². The third kappa shape index (κ3) is 3.40. The molecule has 9 heteroatoms. The number of halogens is 1. The number of esters is 1. The quantitative estimate of drug-likeness (QED) is 0.449. The van der Waals surface area contributed by atoms with Crippen LogP contribution in [0.15, 0.2) is 18.3 Å². The Labute approximate surface area is 139 Å². The molecule has 0 aliphatic heterocycles. The highest BCUT2D eigenvalue weighted by Crippen LogP contribution is 2.24. The molecule has 0 atom stereocenters. The van der Waals surface area contributed by atoms with Crippen LogP contribution in [0.5, 0.6) is 0 Å². The van der Waals surface area contributed by atoms with Gasteiger partial charge in [0.1, 0.15) is 11.6 Å². The number of carbonyl (C=O) groups excluding carboxylic acids is 1. The van der Waals surface area contributed by atoms with Crippen LogP contribution < -0.4 is 5.32 Å². The Kier molecular flexibility index (Phi) is 5.05. The van der Waals surface area contributed by atoms with Gasteiger partial charge >= 0.3 is 5.97 Å². The predicted molar refractivity (Wildman–Crippen MR) is 86.6 cm³/mol. The van der Waals surface area contributed by atoms with Crippen LogP contribution in [0, 0.1) is 21.8 Å². The average Bonchev–Trinajstić information content (AvgIpc) is 3.04. The first-order valence-electron chi connectivity index (χ1n) is 6.06. The first-order chi connectivity index (χ1) is 10.6. The van der Waals surface area contributed by atoms with Gasteiger partial charge in [0.25, 0.3) is 0 Å². The summed E-state index contributed by atoms with van der Waals surface area (Å²) in [5, 5.41) is 25.2. The second kappa shape index (κ2) is 6.99. The fourth-order valence-corrected chi connectivity index (χ4v) is 2.12. The lowest BCUT2D eigenvalue weighted by molar-refractivity contribution is 0.0602. The molecule has 0 fully saturated rings. The lowest BCUT2D eigenvalue weighted by Gasteiger charge is -2.10. The zero-order chi connectivity index (χ0) is 16.1. The Balaban J connectivity index is 2.38. The third-order valence-electron chi connectivity index (χ3n) is 2.78. The molecule has 0 saturated heterocycles. The van der Waals surface area contributed by atoms with Gasteiger partial charge in [0.2, 0.25) is 5.82 Å². The summed E-state index contributed by atoms with van der Waals surface area (Å²) in [6.45, 7) is 1.92. The van der Waals surface area contributed by atoms with Gasteiger partial charge in [-0.15, -0.1) is 10.2 Å². The van der Waals surface area contributed by atoms with Crippen LogP contribution in [0.1, 0.15) is 21.7 Å². The number of benzene rings is 1. The van der Waals surface area contributed by atoms with E-state index < -0.39 is 5.97 Å². The van der Waals surface area contributed by atoms with Crippen LogP contribution in [0.25, 0.3) is 5.57 Å². The van der Waals surface area contributed by atoms with Crippen molar-refractivity contribution in [3.63, 3.8) is 0 Å². The highest BCUT2D eigenvalue weighted by molar-refractivity contribution is 14.1. The minimum absolute atomic E-state index is 0.164. The number of aromatic nitrogens is 4. The number of methoxy groups -OCH3 is 1. The van der Waals surface area contributed by atoms with Crippen molar-refractivity contribution in [2.24, 2.45) is 0 Å². The number of carbonyl (C=O) groups is 1. The van der Waals surface area contributed by atoms with Crippen molar-refractivity contribution in [3.05, 3.63) is 38.9 Å². The molecule has 112 valence electrons. The summed E-state index contributed by atoms with van der Waals surface area (Å²) in [7, 11) is 1.31. The molecule has 1 aromatic carbocycles. The number of hydrogen-bond donors (Lipinski definition) is 2. The molecule has 0 aliphatic rings. The zero-order valence-electron chi connectivity index (χ0n) is 11.7. The smallest absolute Gasteiger partial charge is 0.340 e. The Hall–Kier alpha value is -2.48. The van der Waals surface area contributed by atoms with Gasteiger partial charge in [0.15, 0.2) is 0 Å². The lowest BCUT2D eigenvalue weighted by atomic mass is 10.1.